The molecule has 0 bridgehead atoms. The lowest BCUT2D eigenvalue weighted by Gasteiger charge is -2.00. The van der Waals surface area contributed by atoms with E-state index in [1.54, 1.807) is 13.3 Å². The second-order valence-corrected chi connectivity index (χ2v) is 2.97. The van der Waals surface area contributed by atoms with E-state index in [2.05, 4.69) is 16.1 Å². The molecule has 1 aromatic rings. The molecule has 0 spiro atoms. The number of aliphatic imine (C=N–C) groups is 2. The first-order chi connectivity index (χ1) is 7.31. The quantitative estimate of drug-likeness (QED) is 0.532. The van der Waals surface area contributed by atoms with Crippen LogP contribution in [0.2, 0.25) is 0 Å². The van der Waals surface area contributed by atoms with Gasteiger partial charge in [-0.3, -0.25) is 4.99 Å². The zero-order chi connectivity index (χ0) is 11.1. The fourth-order valence-electron chi connectivity index (χ4n) is 1.25. The standard InChI is InChI=1S/C12H13N3/c1-3-15-12(14-2)11-6-4-10(5-7-11)8-9-13/h3-7H,8H2,1-2H3. The summed E-state index contributed by atoms with van der Waals surface area (Å²) in [6.45, 7) is 1.86. The summed E-state index contributed by atoms with van der Waals surface area (Å²) in [7, 11) is 1.71. The summed E-state index contributed by atoms with van der Waals surface area (Å²) < 4.78 is 0. The van der Waals surface area contributed by atoms with Crippen molar-refractivity contribution in [1.82, 2.24) is 0 Å². The Bertz CT molecular complexity index is 407. The van der Waals surface area contributed by atoms with E-state index in [1.807, 2.05) is 31.2 Å². The monoisotopic (exact) mass is 199 g/mol. The molecule has 1 aromatic carbocycles. The normalized spacial score (nSPS) is 11.7. The number of amidine groups is 1. The lowest BCUT2D eigenvalue weighted by atomic mass is 10.1. The van der Waals surface area contributed by atoms with Gasteiger partial charge in [0.05, 0.1) is 12.5 Å². The highest BCUT2D eigenvalue weighted by atomic mass is 14.9. The van der Waals surface area contributed by atoms with Gasteiger partial charge in [0, 0.05) is 18.8 Å². The Hall–Kier alpha value is -1.95. The fourth-order valence-corrected chi connectivity index (χ4v) is 1.25. The minimum atomic E-state index is 0.440. The van der Waals surface area contributed by atoms with Crippen LogP contribution < -0.4 is 0 Å². The van der Waals surface area contributed by atoms with Gasteiger partial charge in [0.1, 0.15) is 0 Å². The zero-order valence-corrected chi connectivity index (χ0v) is 8.94. The SMILES string of the molecule is CC=NC(=NC)c1ccc(CC#N)cc1. The number of benzene rings is 1. The van der Waals surface area contributed by atoms with E-state index in [0.717, 1.165) is 11.1 Å². The van der Waals surface area contributed by atoms with Crippen LogP contribution in [-0.4, -0.2) is 19.1 Å². The van der Waals surface area contributed by atoms with Crippen LogP contribution in [0.3, 0.4) is 0 Å². The molecular formula is C12H13N3. The maximum Gasteiger partial charge on any atom is 0.153 e. The fraction of sp³-hybridized carbons (Fsp3) is 0.250. The molecule has 0 atom stereocenters. The first kappa shape index (κ1) is 11.1. The van der Waals surface area contributed by atoms with E-state index in [1.165, 1.54) is 0 Å². The van der Waals surface area contributed by atoms with Crippen molar-refractivity contribution in [2.45, 2.75) is 13.3 Å². The molecule has 1 rings (SSSR count). The van der Waals surface area contributed by atoms with Gasteiger partial charge in [0.15, 0.2) is 5.84 Å². The van der Waals surface area contributed by atoms with E-state index < -0.39 is 0 Å². The van der Waals surface area contributed by atoms with Crippen molar-refractivity contribution in [2.75, 3.05) is 7.05 Å². The molecule has 0 unspecified atom stereocenters. The molecule has 0 radical (unpaired) electrons. The molecule has 0 amide bonds. The molecule has 0 heterocycles. The van der Waals surface area contributed by atoms with Crippen LogP contribution in [0.15, 0.2) is 34.3 Å². The van der Waals surface area contributed by atoms with Gasteiger partial charge in [0.2, 0.25) is 0 Å². The average Bonchev–Trinajstić information content (AvgIpc) is 2.28. The summed E-state index contributed by atoms with van der Waals surface area (Å²) in [5, 5.41) is 8.53. The highest BCUT2D eigenvalue weighted by Crippen LogP contribution is 2.06. The molecule has 0 aromatic heterocycles. The third-order valence-electron chi connectivity index (χ3n) is 1.96. The molecule has 0 aliphatic heterocycles. The maximum atomic E-state index is 8.53. The van der Waals surface area contributed by atoms with E-state index in [9.17, 15) is 0 Å². The molecule has 76 valence electrons. The van der Waals surface area contributed by atoms with Crippen LogP contribution >= 0.6 is 0 Å². The number of nitriles is 1. The molecule has 0 N–H and O–H groups in total. The predicted octanol–water partition coefficient (Wildman–Crippen LogP) is 2.22. The molecule has 3 heteroatoms. The Kier molecular flexibility index (Phi) is 4.24. The van der Waals surface area contributed by atoms with Gasteiger partial charge in [-0.2, -0.15) is 5.26 Å². The summed E-state index contributed by atoms with van der Waals surface area (Å²) >= 11 is 0. The van der Waals surface area contributed by atoms with Crippen LogP contribution in [0.5, 0.6) is 0 Å². The third kappa shape index (κ3) is 3.03. The van der Waals surface area contributed by atoms with Crippen LogP contribution in [0.25, 0.3) is 0 Å². The van der Waals surface area contributed by atoms with Gasteiger partial charge < -0.3 is 0 Å². The van der Waals surface area contributed by atoms with Gasteiger partial charge in [-0.15, -0.1) is 0 Å². The van der Waals surface area contributed by atoms with Crippen molar-refractivity contribution in [3.8, 4) is 6.07 Å². The summed E-state index contributed by atoms with van der Waals surface area (Å²) in [4.78, 5) is 8.23. The van der Waals surface area contributed by atoms with E-state index in [0.29, 0.717) is 12.3 Å². The first-order valence-electron chi connectivity index (χ1n) is 4.73. The lowest BCUT2D eigenvalue weighted by Crippen LogP contribution is -1.97. The van der Waals surface area contributed by atoms with Crippen molar-refractivity contribution in [3.05, 3.63) is 35.4 Å². The summed E-state index contributed by atoms with van der Waals surface area (Å²) in [5.41, 5.74) is 1.98. The molecule has 3 nitrogen and oxygen atoms in total. The predicted molar refractivity (Wildman–Crippen MR) is 62.4 cm³/mol. The van der Waals surface area contributed by atoms with Gasteiger partial charge in [0.25, 0.3) is 0 Å². The van der Waals surface area contributed by atoms with Crippen molar-refractivity contribution in [2.24, 2.45) is 9.98 Å². The molecule has 0 aliphatic carbocycles. The summed E-state index contributed by atoms with van der Waals surface area (Å²) in [6.07, 6.45) is 2.15. The summed E-state index contributed by atoms with van der Waals surface area (Å²) in [6, 6.07) is 9.83. The zero-order valence-electron chi connectivity index (χ0n) is 8.94. The molecule has 0 saturated carbocycles. The smallest absolute Gasteiger partial charge is 0.153 e. The van der Waals surface area contributed by atoms with Gasteiger partial charge in [-0.05, 0) is 12.5 Å². The lowest BCUT2D eigenvalue weighted by molar-refractivity contribution is 1.26. The largest absolute Gasteiger partial charge is 0.270 e. The van der Waals surface area contributed by atoms with E-state index in [-0.39, 0.29) is 0 Å². The molecule has 0 fully saturated rings. The number of rotatable bonds is 2. The van der Waals surface area contributed by atoms with Crippen molar-refractivity contribution < 1.29 is 0 Å². The van der Waals surface area contributed by atoms with Crippen LogP contribution in [-0.2, 0) is 6.42 Å². The molecular weight excluding hydrogens is 186 g/mol. The van der Waals surface area contributed by atoms with Gasteiger partial charge >= 0.3 is 0 Å². The Labute approximate surface area is 89.8 Å². The van der Waals surface area contributed by atoms with E-state index in [4.69, 9.17) is 5.26 Å². The number of nitrogens with zero attached hydrogens (tertiary/aromatic N) is 3. The Morgan fingerprint density at radius 3 is 2.53 bits per heavy atom. The van der Waals surface area contributed by atoms with Crippen LogP contribution in [0, 0.1) is 11.3 Å². The van der Waals surface area contributed by atoms with Crippen molar-refractivity contribution >= 4 is 12.1 Å². The molecule has 0 saturated heterocycles. The topological polar surface area (TPSA) is 48.5 Å². The molecule has 15 heavy (non-hydrogen) atoms. The molecule has 0 aliphatic rings. The van der Waals surface area contributed by atoms with Crippen molar-refractivity contribution in [1.29, 1.82) is 5.26 Å². The number of hydrogen-bond donors (Lipinski definition) is 0. The van der Waals surface area contributed by atoms with Gasteiger partial charge in [-0.1, -0.05) is 24.3 Å². The van der Waals surface area contributed by atoms with E-state index >= 15 is 0 Å². The Balaban J connectivity index is 2.93. The minimum absolute atomic E-state index is 0.440. The second-order valence-electron chi connectivity index (χ2n) is 2.97. The maximum absolute atomic E-state index is 8.53. The van der Waals surface area contributed by atoms with Crippen molar-refractivity contribution in [3.63, 3.8) is 0 Å². The average molecular weight is 199 g/mol. The third-order valence-corrected chi connectivity index (χ3v) is 1.96. The first-order valence-corrected chi connectivity index (χ1v) is 4.73. The van der Waals surface area contributed by atoms with Crippen LogP contribution in [0.4, 0.5) is 0 Å². The highest BCUT2D eigenvalue weighted by molar-refractivity contribution is 6.02. The Morgan fingerprint density at radius 1 is 1.40 bits per heavy atom. The highest BCUT2D eigenvalue weighted by Gasteiger charge is 1.99. The minimum Gasteiger partial charge on any atom is -0.270 e. The van der Waals surface area contributed by atoms with Gasteiger partial charge in [-0.25, -0.2) is 4.99 Å². The Morgan fingerprint density at radius 2 is 2.07 bits per heavy atom. The van der Waals surface area contributed by atoms with Crippen LogP contribution in [0.1, 0.15) is 18.1 Å². The second kappa shape index (κ2) is 5.71. The number of hydrogen-bond acceptors (Lipinski definition) is 2. The summed E-state index contributed by atoms with van der Waals surface area (Å²) in [5.74, 6) is 0.709.